The first-order valence-electron chi connectivity index (χ1n) is 7.91. The maximum absolute atomic E-state index is 12.6. The van der Waals surface area contributed by atoms with Gasteiger partial charge in [0, 0.05) is 18.3 Å². The summed E-state index contributed by atoms with van der Waals surface area (Å²) in [5, 5.41) is 17.8. The number of aliphatic carboxylic acids is 2. The molecule has 2 atom stereocenters. The van der Waals surface area contributed by atoms with Crippen molar-refractivity contribution in [3.63, 3.8) is 0 Å². The van der Waals surface area contributed by atoms with Crippen molar-refractivity contribution in [2.75, 3.05) is 11.9 Å². The summed E-state index contributed by atoms with van der Waals surface area (Å²) >= 11 is 1.31. The number of benzene rings is 1. The van der Waals surface area contributed by atoms with Gasteiger partial charge in [-0.25, -0.2) is 0 Å². The molecule has 1 aromatic carbocycles. The second kappa shape index (κ2) is 11.6. The van der Waals surface area contributed by atoms with E-state index < -0.39 is 23.4 Å². The number of carboxylic acids is 2. The van der Waals surface area contributed by atoms with E-state index in [4.69, 9.17) is 10.2 Å². The fourth-order valence-electron chi connectivity index (χ4n) is 2.25. The summed E-state index contributed by atoms with van der Waals surface area (Å²) in [7, 11) is 0. The first kappa shape index (κ1) is 22.1. The normalized spacial score (nSPS) is 14.6. The second-order valence-electron chi connectivity index (χ2n) is 5.62. The summed E-state index contributed by atoms with van der Waals surface area (Å²) in [5.41, 5.74) is -1.94. The van der Waals surface area contributed by atoms with Crippen molar-refractivity contribution in [2.24, 2.45) is 5.92 Å². The highest BCUT2D eigenvalue weighted by atomic mass is 33.1. The Morgan fingerprint density at radius 3 is 2.36 bits per heavy atom. The second-order valence-corrected chi connectivity index (χ2v) is 13.5. The minimum Gasteiger partial charge on any atom is -0.481 e. The van der Waals surface area contributed by atoms with Gasteiger partial charge >= 0.3 is 11.9 Å². The lowest BCUT2D eigenvalue weighted by atomic mass is 10.1. The van der Waals surface area contributed by atoms with Crippen LogP contribution in [0.2, 0.25) is 0 Å². The maximum Gasteiger partial charge on any atom is 0.307 e. The number of carboxylic acid groups (broad SMARTS) is 2. The topological polar surface area (TPSA) is 112 Å². The van der Waals surface area contributed by atoms with Gasteiger partial charge in [0.15, 0.2) is 0 Å². The van der Waals surface area contributed by atoms with E-state index >= 15 is 0 Å². The number of hydrogen-bond acceptors (Lipinski definition) is 6. The zero-order valence-corrected chi connectivity index (χ0v) is 16.3. The van der Waals surface area contributed by atoms with Crippen LogP contribution in [0.5, 0.6) is 0 Å². The molecule has 25 heavy (non-hydrogen) atoms. The van der Waals surface area contributed by atoms with Crippen LogP contribution in [0.15, 0.2) is 30.3 Å². The fraction of sp³-hybridized carbons (Fsp3) is 0.500. The molecule has 0 aliphatic heterocycles. The summed E-state index contributed by atoms with van der Waals surface area (Å²) in [6, 6.07) is 9.99. The summed E-state index contributed by atoms with van der Waals surface area (Å²) in [4.78, 5) is 21.8. The quantitative estimate of drug-likeness (QED) is 0.245. The van der Waals surface area contributed by atoms with Gasteiger partial charge in [0.25, 0.3) is 0 Å². The van der Waals surface area contributed by atoms with Crippen molar-refractivity contribution >= 4 is 40.5 Å². The zero-order valence-electron chi connectivity index (χ0n) is 13.7. The fourth-order valence-corrected chi connectivity index (χ4v) is 8.01. The summed E-state index contributed by atoms with van der Waals surface area (Å²) in [6.45, 7) is 0. The standard InChI is InChI=1S/C16H23O6PS2/c17-15(18)10-9-14(16(19)20)12-23(21,25-22)24-11-5-4-8-13-6-2-1-3-7-13/h1-3,6-7,14,22H,4-5,8-12H2,(H,17,18)(H,19,20). The Morgan fingerprint density at radius 1 is 1.12 bits per heavy atom. The molecule has 0 aliphatic carbocycles. The lowest BCUT2D eigenvalue weighted by Gasteiger charge is -2.18. The maximum atomic E-state index is 12.6. The van der Waals surface area contributed by atoms with Gasteiger partial charge in [-0.2, -0.15) is 0 Å². The van der Waals surface area contributed by atoms with Crippen LogP contribution in [0, 0.1) is 5.92 Å². The Labute approximate surface area is 155 Å². The van der Waals surface area contributed by atoms with E-state index in [1.54, 1.807) is 0 Å². The highest BCUT2D eigenvalue weighted by Crippen LogP contribution is 2.68. The van der Waals surface area contributed by atoms with Crippen LogP contribution in [-0.4, -0.2) is 38.6 Å². The Kier molecular flexibility index (Phi) is 10.3. The molecule has 1 aromatic rings. The predicted molar refractivity (Wildman–Crippen MR) is 103 cm³/mol. The van der Waals surface area contributed by atoms with E-state index in [1.165, 1.54) is 5.56 Å². The molecule has 0 aromatic heterocycles. The molecule has 0 saturated heterocycles. The van der Waals surface area contributed by atoms with Gasteiger partial charge in [0.1, 0.15) is 0 Å². The van der Waals surface area contributed by atoms with Gasteiger partial charge < -0.3 is 14.8 Å². The highest BCUT2D eigenvalue weighted by molar-refractivity contribution is 8.89. The molecule has 0 bridgehead atoms. The first-order valence-corrected chi connectivity index (χ1v) is 12.8. The van der Waals surface area contributed by atoms with Crippen LogP contribution in [0.25, 0.3) is 0 Å². The Bertz CT molecular complexity index is 596. The molecule has 0 aliphatic rings. The van der Waals surface area contributed by atoms with Gasteiger partial charge in [-0.05, 0) is 31.2 Å². The summed E-state index contributed by atoms with van der Waals surface area (Å²) in [5.74, 6) is -2.74. The van der Waals surface area contributed by atoms with Crippen LogP contribution in [0.4, 0.5) is 0 Å². The third-order valence-electron chi connectivity index (χ3n) is 3.61. The molecular formula is C16H23O6PS2. The van der Waals surface area contributed by atoms with Gasteiger partial charge in [-0.1, -0.05) is 41.7 Å². The zero-order chi connectivity index (χ0) is 18.7. The predicted octanol–water partition coefficient (Wildman–Crippen LogP) is 4.71. The molecule has 6 nitrogen and oxygen atoms in total. The molecule has 140 valence electrons. The van der Waals surface area contributed by atoms with E-state index in [-0.39, 0.29) is 30.7 Å². The largest absolute Gasteiger partial charge is 0.481 e. The van der Waals surface area contributed by atoms with E-state index in [9.17, 15) is 18.7 Å². The molecular weight excluding hydrogens is 383 g/mol. The molecule has 3 N–H and O–H groups in total. The van der Waals surface area contributed by atoms with Crippen molar-refractivity contribution in [3.8, 4) is 0 Å². The molecule has 1 rings (SSSR count). The average molecular weight is 406 g/mol. The molecule has 0 saturated carbocycles. The molecule has 0 amide bonds. The van der Waals surface area contributed by atoms with E-state index in [1.807, 2.05) is 30.3 Å². The third-order valence-corrected chi connectivity index (χ3v) is 10.5. The number of aryl methyl sites for hydroxylation is 1. The molecule has 2 unspecified atom stereocenters. The van der Waals surface area contributed by atoms with Crippen molar-refractivity contribution in [1.82, 2.24) is 0 Å². The smallest absolute Gasteiger partial charge is 0.307 e. The van der Waals surface area contributed by atoms with Crippen molar-refractivity contribution in [2.45, 2.75) is 32.1 Å². The van der Waals surface area contributed by atoms with Crippen molar-refractivity contribution in [1.29, 1.82) is 0 Å². The van der Waals surface area contributed by atoms with Gasteiger partial charge in [0.05, 0.1) is 17.6 Å². The number of carbonyl (C=O) groups is 2. The van der Waals surface area contributed by atoms with Crippen LogP contribution in [0.3, 0.4) is 0 Å². The Hall–Kier alpha value is -0.950. The van der Waals surface area contributed by atoms with Crippen LogP contribution >= 0.6 is 28.6 Å². The molecule has 0 radical (unpaired) electrons. The lowest BCUT2D eigenvalue weighted by Crippen LogP contribution is -2.18. The van der Waals surface area contributed by atoms with E-state index in [0.29, 0.717) is 5.75 Å². The molecule has 0 spiro atoms. The van der Waals surface area contributed by atoms with Crippen LogP contribution < -0.4 is 0 Å². The highest BCUT2D eigenvalue weighted by Gasteiger charge is 2.32. The summed E-state index contributed by atoms with van der Waals surface area (Å²) in [6.07, 6.45) is 2.03. The minimum absolute atomic E-state index is 0.0935. The monoisotopic (exact) mass is 406 g/mol. The van der Waals surface area contributed by atoms with E-state index in [2.05, 4.69) is 0 Å². The lowest BCUT2D eigenvalue weighted by molar-refractivity contribution is -0.142. The number of rotatable bonds is 13. The van der Waals surface area contributed by atoms with Crippen LogP contribution in [-0.2, 0) is 20.6 Å². The summed E-state index contributed by atoms with van der Waals surface area (Å²) < 4.78 is 22.0. The minimum atomic E-state index is -3.17. The Balaban J connectivity index is 2.41. The average Bonchev–Trinajstić information content (AvgIpc) is 2.59. The number of hydrogen-bond donors (Lipinski definition) is 3. The molecule has 0 fully saturated rings. The Morgan fingerprint density at radius 2 is 1.80 bits per heavy atom. The van der Waals surface area contributed by atoms with Gasteiger partial charge in [-0.15, -0.1) is 0 Å². The van der Waals surface area contributed by atoms with Crippen molar-refractivity contribution < 1.29 is 28.9 Å². The van der Waals surface area contributed by atoms with Gasteiger partial charge in [-0.3, -0.25) is 14.2 Å². The SMILES string of the molecule is O=C(O)CCC(CP(=O)(SO)SCCCCc1ccccc1)C(=O)O. The molecule has 0 heterocycles. The first-order chi connectivity index (χ1) is 11.9. The number of unbranched alkanes of at least 4 members (excludes halogenated alkanes) is 1. The van der Waals surface area contributed by atoms with Gasteiger partial charge in [0.2, 0.25) is 5.55 Å². The molecule has 9 heteroatoms. The third kappa shape index (κ3) is 9.35. The van der Waals surface area contributed by atoms with Crippen molar-refractivity contribution in [3.05, 3.63) is 35.9 Å². The van der Waals surface area contributed by atoms with Crippen LogP contribution in [0.1, 0.15) is 31.2 Å². The van der Waals surface area contributed by atoms with E-state index in [0.717, 1.165) is 30.6 Å².